The van der Waals surface area contributed by atoms with E-state index in [1.807, 2.05) is 0 Å². The molecule has 0 aliphatic carbocycles. The fourth-order valence-corrected chi connectivity index (χ4v) is 1.82. The van der Waals surface area contributed by atoms with Gasteiger partial charge in [0.2, 0.25) is 0 Å². The molecule has 0 saturated carbocycles. The predicted octanol–water partition coefficient (Wildman–Crippen LogP) is 2.39. The zero-order valence-electron chi connectivity index (χ0n) is 6.02. The first-order valence-corrected chi connectivity index (χ1v) is 5.00. The molecule has 0 fully saturated rings. The molecule has 0 bridgehead atoms. The fourth-order valence-electron chi connectivity index (χ4n) is 0.485. The van der Waals surface area contributed by atoms with Crippen molar-refractivity contribution >= 4 is 37.8 Å². The summed E-state index contributed by atoms with van der Waals surface area (Å²) in [6, 6.07) is 0. The minimum absolute atomic E-state index is 0.0822. The lowest BCUT2D eigenvalue weighted by molar-refractivity contribution is -0.142. The van der Waals surface area contributed by atoms with Gasteiger partial charge >= 0.3 is 5.97 Å². The van der Waals surface area contributed by atoms with Crippen LogP contribution in [0.1, 0.15) is 13.3 Å². The number of esters is 1. The van der Waals surface area contributed by atoms with Crippen molar-refractivity contribution in [3.05, 3.63) is 0 Å². The highest BCUT2D eigenvalue weighted by molar-refractivity contribution is 9.10. The fraction of sp³-hybridized carbons (Fsp3) is 0.833. The molecule has 0 spiro atoms. The maximum absolute atomic E-state index is 12.2. The van der Waals surface area contributed by atoms with Gasteiger partial charge in [0.05, 0.1) is 6.61 Å². The zero-order valence-corrected chi connectivity index (χ0v) is 9.19. The molecule has 66 valence electrons. The summed E-state index contributed by atoms with van der Waals surface area (Å²) in [5, 5.41) is -1.17. The number of hydrogen-bond acceptors (Lipinski definition) is 2. The normalized spacial score (nSPS) is 15.6. The van der Waals surface area contributed by atoms with E-state index >= 15 is 0 Å². The summed E-state index contributed by atoms with van der Waals surface area (Å²) in [6.07, 6.45) is 0.0822. The van der Waals surface area contributed by atoms with Gasteiger partial charge in [0, 0.05) is 6.42 Å². The Bertz CT molecular complexity index is 130. The largest absolute Gasteiger partial charge is 0.465 e. The van der Waals surface area contributed by atoms with Crippen molar-refractivity contribution in [3.8, 4) is 0 Å². The highest BCUT2D eigenvalue weighted by Gasteiger charge is 2.19. The second-order valence-electron chi connectivity index (χ2n) is 1.85. The summed E-state index contributed by atoms with van der Waals surface area (Å²) < 4.78 is 16.9. The van der Waals surface area contributed by atoms with Crippen LogP contribution < -0.4 is 0 Å². The maximum atomic E-state index is 12.2. The van der Waals surface area contributed by atoms with Crippen LogP contribution in [0.15, 0.2) is 0 Å². The summed E-state index contributed by atoms with van der Waals surface area (Å²) >= 11 is 5.69. The number of carbonyl (C=O) groups is 1. The molecule has 0 aromatic rings. The van der Waals surface area contributed by atoms with Gasteiger partial charge in [-0.15, -0.1) is 0 Å². The lowest BCUT2D eigenvalue weighted by Crippen LogP contribution is -2.19. The standard InChI is InChI=1S/C6H9Br2FO2/c1-2-11-6(10)4(7)3-5(8)9/h4-5H,2-3H2,1H3/t4-,5+/m0/s1. The number of hydrogen-bond donors (Lipinski definition) is 0. The molecule has 2 atom stereocenters. The lowest BCUT2D eigenvalue weighted by Gasteiger charge is -2.07. The van der Waals surface area contributed by atoms with Crippen molar-refractivity contribution < 1.29 is 13.9 Å². The van der Waals surface area contributed by atoms with Gasteiger partial charge in [0.15, 0.2) is 5.08 Å². The van der Waals surface area contributed by atoms with Gasteiger partial charge in [0.25, 0.3) is 0 Å². The molecule has 0 heterocycles. The SMILES string of the molecule is CCOC(=O)[C@@H](Br)C[C@@H](F)Br. The number of alkyl halides is 3. The molecule has 0 radical (unpaired) electrons. The molecule has 0 aliphatic heterocycles. The van der Waals surface area contributed by atoms with Gasteiger partial charge < -0.3 is 4.74 Å². The molecule has 0 rings (SSSR count). The Morgan fingerprint density at radius 3 is 2.55 bits per heavy atom. The monoisotopic (exact) mass is 290 g/mol. The van der Waals surface area contributed by atoms with Crippen LogP contribution in [0.25, 0.3) is 0 Å². The second kappa shape index (κ2) is 5.94. The van der Waals surface area contributed by atoms with Gasteiger partial charge in [-0.25, -0.2) is 4.39 Å². The van der Waals surface area contributed by atoms with Crippen molar-refractivity contribution in [2.24, 2.45) is 0 Å². The third kappa shape index (κ3) is 5.61. The zero-order chi connectivity index (χ0) is 8.85. The highest BCUT2D eigenvalue weighted by atomic mass is 79.9. The van der Waals surface area contributed by atoms with E-state index in [9.17, 15) is 9.18 Å². The van der Waals surface area contributed by atoms with E-state index in [4.69, 9.17) is 0 Å². The Hall–Kier alpha value is 0.360. The summed E-state index contributed by atoms with van der Waals surface area (Å²) in [5.41, 5.74) is 0. The Balaban J connectivity index is 3.64. The Morgan fingerprint density at radius 1 is 1.64 bits per heavy atom. The summed E-state index contributed by atoms with van der Waals surface area (Å²) in [6.45, 7) is 2.03. The number of ether oxygens (including phenoxy) is 1. The predicted molar refractivity (Wildman–Crippen MR) is 47.8 cm³/mol. The Labute approximate surface area is 81.7 Å². The Kier molecular flexibility index (Phi) is 6.14. The first kappa shape index (κ1) is 11.4. The topological polar surface area (TPSA) is 26.3 Å². The van der Waals surface area contributed by atoms with Gasteiger partial charge in [-0.3, -0.25) is 4.79 Å². The van der Waals surface area contributed by atoms with E-state index in [1.165, 1.54) is 0 Å². The maximum Gasteiger partial charge on any atom is 0.319 e. The quantitative estimate of drug-likeness (QED) is 0.587. The average Bonchev–Trinajstić information content (AvgIpc) is 1.86. The van der Waals surface area contributed by atoms with Crippen LogP contribution in [0.4, 0.5) is 4.39 Å². The van der Waals surface area contributed by atoms with Crippen LogP contribution >= 0.6 is 31.9 Å². The van der Waals surface area contributed by atoms with Crippen LogP contribution in [0.5, 0.6) is 0 Å². The third-order valence-electron chi connectivity index (χ3n) is 0.927. The van der Waals surface area contributed by atoms with Crippen LogP contribution in [0, 0.1) is 0 Å². The highest BCUT2D eigenvalue weighted by Crippen LogP contribution is 2.16. The number of rotatable bonds is 4. The van der Waals surface area contributed by atoms with Gasteiger partial charge in [-0.1, -0.05) is 31.9 Å². The molecule has 11 heavy (non-hydrogen) atoms. The van der Waals surface area contributed by atoms with Crippen LogP contribution in [-0.2, 0) is 9.53 Å². The van der Waals surface area contributed by atoms with Crippen molar-refractivity contribution in [3.63, 3.8) is 0 Å². The van der Waals surface area contributed by atoms with E-state index in [0.29, 0.717) is 6.61 Å². The van der Waals surface area contributed by atoms with Crippen molar-refractivity contribution in [2.45, 2.75) is 23.3 Å². The minimum Gasteiger partial charge on any atom is -0.465 e. The van der Waals surface area contributed by atoms with Crippen molar-refractivity contribution in [1.29, 1.82) is 0 Å². The molecular weight excluding hydrogens is 283 g/mol. The van der Waals surface area contributed by atoms with E-state index in [-0.39, 0.29) is 6.42 Å². The third-order valence-corrected chi connectivity index (χ3v) is 2.05. The number of halogens is 3. The summed E-state index contributed by atoms with van der Waals surface area (Å²) in [4.78, 5) is 10.3. The molecule has 0 aromatic heterocycles. The van der Waals surface area contributed by atoms with Gasteiger partial charge in [-0.2, -0.15) is 0 Å². The van der Waals surface area contributed by atoms with E-state index in [2.05, 4.69) is 36.6 Å². The van der Waals surface area contributed by atoms with Crippen molar-refractivity contribution in [2.75, 3.05) is 6.61 Å². The minimum atomic E-state index is -1.17. The lowest BCUT2D eigenvalue weighted by atomic mass is 10.3. The molecule has 2 nitrogen and oxygen atoms in total. The van der Waals surface area contributed by atoms with E-state index in [0.717, 1.165) is 0 Å². The van der Waals surface area contributed by atoms with E-state index < -0.39 is 15.9 Å². The van der Waals surface area contributed by atoms with Crippen LogP contribution in [0.2, 0.25) is 0 Å². The molecular formula is C6H9Br2FO2. The smallest absolute Gasteiger partial charge is 0.319 e. The number of carbonyl (C=O) groups excluding carboxylic acids is 1. The molecule has 0 saturated heterocycles. The summed E-state index contributed by atoms with van der Waals surface area (Å²) in [5.74, 6) is -0.422. The molecule has 0 amide bonds. The van der Waals surface area contributed by atoms with E-state index in [1.54, 1.807) is 6.92 Å². The Morgan fingerprint density at radius 2 is 2.18 bits per heavy atom. The summed E-state index contributed by atoms with van der Waals surface area (Å²) in [7, 11) is 0. The second-order valence-corrected chi connectivity index (χ2v) is 3.95. The van der Waals surface area contributed by atoms with Crippen LogP contribution in [0.3, 0.4) is 0 Å². The molecule has 0 aromatic carbocycles. The van der Waals surface area contributed by atoms with Gasteiger partial charge in [0.1, 0.15) is 4.83 Å². The average molecular weight is 292 g/mol. The molecule has 5 heteroatoms. The van der Waals surface area contributed by atoms with Crippen molar-refractivity contribution in [1.82, 2.24) is 0 Å². The molecule has 0 N–H and O–H groups in total. The first-order valence-electron chi connectivity index (χ1n) is 3.16. The first-order chi connectivity index (χ1) is 5.07. The van der Waals surface area contributed by atoms with Crippen LogP contribution in [-0.4, -0.2) is 22.5 Å². The van der Waals surface area contributed by atoms with Gasteiger partial charge in [-0.05, 0) is 6.92 Å². The molecule has 0 aliphatic rings. The molecule has 0 unspecified atom stereocenters.